The lowest BCUT2D eigenvalue weighted by molar-refractivity contribution is -0.0794. The number of benzene rings is 2. The van der Waals surface area contributed by atoms with Gasteiger partial charge in [0.2, 0.25) is 0 Å². The third-order valence-corrected chi connectivity index (χ3v) is 8.64. The van der Waals surface area contributed by atoms with E-state index in [1.807, 2.05) is 55.5 Å². The summed E-state index contributed by atoms with van der Waals surface area (Å²) in [5.74, 6) is 2.27. The van der Waals surface area contributed by atoms with Crippen LogP contribution in [0.25, 0.3) is 0 Å². The first-order chi connectivity index (χ1) is 16.5. The fourth-order valence-electron chi connectivity index (χ4n) is 6.50. The summed E-state index contributed by atoms with van der Waals surface area (Å²) in [5.41, 5.74) is 2.04. The van der Waals surface area contributed by atoms with Crippen LogP contribution in [0.3, 0.4) is 0 Å². The number of nitrogens with zero attached hydrogens (tertiary/aromatic N) is 2. The molecule has 1 amide bonds. The van der Waals surface area contributed by atoms with Crippen molar-refractivity contribution in [1.82, 2.24) is 9.80 Å². The first-order valence-electron chi connectivity index (χ1n) is 12.8. The van der Waals surface area contributed by atoms with Crippen LogP contribution in [-0.4, -0.2) is 68.8 Å². The Morgan fingerprint density at radius 3 is 2.62 bits per heavy atom. The number of methoxy groups -OCH3 is 2. The van der Waals surface area contributed by atoms with Crippen LogP contribution in [-0.2, 0) is 10.2 Å². The van der Waals surface area contributed by atoms with Gasteiger partial charge in [0.05, 0.1) is 13.2 Å². The predicted octanol–water partition coefficient (Wildman–Crippen LogP) is 4.61. The van der Waals surface area contributed by atoms with Crippen LogP contribution < -0.4 is 4.74 Å². The minimum absolute atomic E-state index is 0.0383. The van der Waals surface area contributed by atoms with Crippen molar-refractivity contribution in [3.63, 3.8) is 0 Å². The summed E-state index contributed by atoms with van der Waals surface area (Å²) in [5, 5.41) is 0. The van der Waals surface area contributed by atoms with Crippen LogP contribution in [0.1, 0.15) is 48.0 Å². The number of piperidine rings is 1. The average Bonchev–Trinajstić information content (AvgIpc) is 3.71. The van der Waals surface area contributed by atoms with Gasteiger partial charge in [-0.25, -0.2) is 0 Å². The molecule has 5 nitrogen and oxygen atoms in total. The van der Waals surface area contributed by atoms with Crippen LogP contribution in [0, 0.1) is 11.8 Å². The number of hydrogen-bond acceptors (Lipinski definition) is 4. The summed E-state index contributed by atoms with van der Waals surface area (Å²) in [6.45, 7) is 3.38. The van der Waals surface area contributed by atoms with Crippen molar-refractivity contribution in [3.8, 4) is 5.75 Å². The van der Waals surface area contributed by atoms with Gasteiger partial charge in [0.15, 0.2) is 0 Å². The normalized spacial score (nSPS) is 29.3. The Bertz CT molecular complexity index is 992. The highest BCUT2D eigenvalue weighted by Crippen LogP contribution is 2.51. The number of carbonyl (C=O) groups is 1. The van der Waals surface area contributed by atoms with E-state index in [0.717, 1.165) is 49.6 Å². The van der Waals surface area contributed by atoms with E-state index < -0.39 is 0 Å². The van der Waals surface area contributed by atoms with Gasteiger partial charge in [-0.05, 0) is 74.4 Å². The van der Waals surface area contributed by atoms with Gasteiger partial charge in [0, 0.05) is 50.2 Å². The van der Waals surface area contributed by atoms with E-state index in [1.165, 1.54) is 24.9 Å². The second-order valence-corrected chi connectivity index (χ2v) is 10.6. The van der Waals surface area contributed by atoms with Crippen molar-refractivity contribution in [1.29, 1.82) is 0 Å². The van der Waals surface area contributed by atoms with Crippen LogP contribution >= 0.6 is 0 Å². The molecule has 2 saturated carbocycles. The molecule has 0 N–H and O–H groups in total. The molecule has 0 radical (unpaired) electrons. The molecule has 1 saturated heterocycles. The molecule has 3 aliphatic rings. The Balaban J connectivity index is 1.48. The second kappa shape index (κ2) is 9.71. The second-order valence-electron chi connectivity index (χ2n) is 10.6. The Labute approximate surface area is 204 Å². The molecule has 2 aromatic carbocycles. The summed E-state index contributed by atoms with van der Waals surface area (Å²) in [6, 6.07) is 18.4. The Morgan fingerprint density at radius 1 is 1.12 bits per heavy atom. The summed E-state index contributed by atoms with van der Waals surface area (Å²) in [4.78, 5) is 18.0. The molecule has 4 atom stereocenters. The highest BCUT2D eigenvalue weighted by Gasteiger charge is 2.53. The molecule has 0 bridgehead atoms. The molecule has 182 valence electrons. The van der Waals surface area contributed by atoms with Crippen LogP contribution in [0.2, 0.25) is 0 Å². The lowest BCUT2D eigenvalue weighted by Crippen LogP contribution is -2.61. The number of amides is 1. The maximum absolute atomic E-state index is 13.4. The monoisotopic (exact) mass is 462 g/mol. The molecule has 5 heteroatoms. The average molecular weight is 463 g/mol. The zero-order valence-electron chi connectivity index (χ0n) is 20.8. The molecule has 0 spiro atoms. The van der Waals surface area contributed by atoms with Crippen molar-refractivity contribution >= 4 is 5.91 Å². The van der Waals surface area contributed by atoms with E-state index in [4.69, 9.17) is 9.47 Å². The first kappa shape index (κ1) is 23.4. The molecular weight excluding hydrogens is 424 g/mol. The predicted molar refractivity (Wildman–Crippen MR) is 134 cm³/mol. The number of hydrogen-bond donors (Lipinski definition) is 0. The van der Waals surface area contributed by atoms with Gasteiger partial charge in [-0.3, -0.25) is 4.79 Å². The highest BCUT2D eigenvalue weighted by molar-refractivity contribution is 5.94. The van der Waals surface area contributed by atoms with Crippen molar-refractivity contribution in [2.45, 2.75) is 49.7 Å². The van der Waals surface area contributed by atoms with Crippen molar-refractivity contribution < 1.29 is 14.3 Å². The van der Waals surface area contributed by atoms with Gasteiger partial charge in [-0.1, -0.05) is 30.3 Å². The van der Waals surface area contributed by atoms with E-state index >= 15 is 0 Å². The van der Waals surface area contributed by atoms with Gasteiger partial charge in [-0.15, -0.1) is 0 Å². The van der Waals surface area contributed by atoms with E-state index in [-0.39, 0.29) is 23.5 Å². The molecule has 34 heavy (non-hydrogen) atoms. The van der Waals surface area contributed by atoms with Crippen LogP contribution in [0.15, 0.2) is 54.6 Å². The van der Waals surface area contributed by atoms with Crippen molar-refractivity contribution in [3.05, 3.63) is 65.7 Å². The number of ether oxygens (including phenoxy) is 2. The van der Waals surface area contributed by atoms with Crippen molar-refractivity contribution in [2.75, 3.05) is 40.9 Å². The maximum Gasteiger partial charge on any atom is 0.253 e. The smallest absolute Gasteiger partial charge is 0.253 e. The lowest BCUT2D eigenvalue weighted by Gasteiger charge is -2.56. The van der Waals surface area contributed by atoms with Crippen LogP contribution in [0.5, 0.6) is 5.75 Å². The zero-order valence-corrected chi connectivity index (χ0v) is 20.8. The summed E-state index contributed by atoms with van der Waals surface area (Å²) < 4.78 is 11.8. The molecule has 1 heterocycles. The van der Waals surface area contributed by atoms with Gasteiger partial charge in [-0.2, -0.15) is 0 Å². The van der Waals surface area contributed by atoms with Crippen LogP contribution in [0.4, 0.5) is 0 Å². The molecule has 3 unspecified atom stereocenters. The third-order valence-electron chi connectivity index (χ3n) is 8.64. The van der Waals surface area contributed by atoms with E-state index in [9.17, 15) is 4.79 Å². The molecule has 0 aromatic heterocycles. The molecule has 1 aliphatic heterocycles. The summed E-state index contributed by atoms with van der Waals surface area (Å²) >= 11 is 0. The van der Waals surface area contributed by atoms with Gasteiger partial charge in [0.25, 0.3) is 5.91 Å². The molecule has 2 aliphatic carbocycles. The quantitative estimate of drug-likeness (QED) is 0.602. The van der Waals surface area contributed by atoms with Gasteiger partial charge in [0.1, 0.15) is 5.75 Å². The highest BCUT2D eigenvalue weighted by atomic mass is 16.5. The third kappa shape index (κ3) is 4.48. The molecular formula is C29H38N2O3. The Morgan fingerprint density at radius 2 is 1.91 bits per heavy atom. The van der Waals surface area contributed by atoms with Gasteiger partial charge < -0.3 is 19.3 Å². The topological polar surface area (TPSA) is 42.0 Å². The molecule has 3 fully saturated rings. The van der Waals surface area contributed by atoms with E-state index in [1.54, 1.807) is 7.11 Å². The van der Waals surface area contributed by atoms with Crippen molar-refractivity contribution in [2.24, 2.45) is 11.8 Å². The summed E-state index contributed by atoms with van der Waals surface area (Å²) in [6.07, 6.45) is 5.78. The number of likely N-dealkylation sites (tertiary alicyclic amines) is 1. The lowest BCUT2D eigenvalue weighted by atomic mass is 9.56. The van der Waals surface area contributed by atoms with E-state index in [0.29, 0.717) is 5.92 Å². The standard InChI is InChI=1S/C29H38N2O3/c1-30(28(32)22-8-5-4-6-9-22)24-17-27(34-3)26-20-31(19-21-12-13-21)15-14-29(26,18-24)23-10-7-11-25(16-23)33-2/h4-11,16,21,24,26-27H,12-15,17-20H2,1-3H3/t24-,26?,27?,29?/m1/s1. The fraction of sp³-hybridized carbons (Fsp3) is 0.552. The van der Waals surface area contributed by atoms with E-state index in [2.05, 4.69) is 23.1 Å². The fourth-order valence-corrected chi connectivity index (χ4v) is 6.50. The largest absolute Gasteiger partial charge is 0.497 e. The minimum atomic E-state index is -0.0383. The Hall–Kier alpha value is -2.37. The maximum atomic E-state index is 13.4. The molecule has 5 rings (SSSR count). The Kier molecular flexibility index (Phi) is 6.67. The SMILES string of the molecule is COc1cccc(C23CCN(CC4CC4)CC2C(OC)C[C@@H](N(C)C(=O)c2ccccc2)C3)c1. The summed E-state index contributed by atoms with van der Waals surface area (Å²) in [7, 11) is 5.55. The first-order valence-corrected chi connectivity index (χ1v) is 12.8. The minimum Gasteiger partial charge on any atom is -0.497 e. The number of carbonyl (C=O) groups excluding carboxylic acids is 1. The van der Waals surface area contributed by atoms with Gasteiger partial charge >= 0.3 is 0 Å². The number of fused-ring (bicyclic) bond motifs is 1. The molecule has 2 aromatic rings. The number of rotatable bonds is 7. The zero-order chi connectivity index (χ0) is 23.7.